The number of hydrogen-bond acceptors (Lipinski definition) is 4. The van der Waals surface area contributed by atoms with Crippen molar-refractivity contribution in [2.45, 2.75) is 32.2 Å². The molecule has 90 valence electrons. The van der Waals surface area contributed by atoms with Crippen LogP contribution >= 0.6 is 0 Å². The lowest BCUT2D eigenvalue weighted by Crippen LogP contribution is -2.46. The van der Waals surface area contributed by atoms with E-state index in [-0.39, 0.29) is 11.5 Å². The summed E-state index contributed by atoms with van der Waals surface area (Å²) in [6.07, 6.45) is 3.50. The number of hydrogen-bond donors (Lipinski definition) is 1. The van der Waals surface area contributed by atoms with Gasteiger partial charge in [-0.2, -0.15) is 0 Å². The van der Waals surface area contributed by atoms with Crippen LogP contribution in [0, 0.1) is 0 Å². The fourth-order valence-corrected chi connectivity index (χ4v) is 2.82. The number of nitrogens with zero attached hydrogens (tertiary/aromatic N) is 1. The highest BCUT2D eigenvalue weighted by atomic mass is 32.2. The molecule has 0 radical (unpaired) electrons. The van der Waals surface area contributed by atoms with Crippen LogP contribution in [0.4, 0.5) is 0 Å². The van der Waals surface area contributed by atoms with Crippen molar-refractivity contribution < 1.29 is 8.42 Å². The summed E-state index contributed by atoms with van der Waals surface area (Å²) in [5.41, 5.74) is 5.67. The molecule has 1 saturated heterocycles. The standard InChI is InChI=1S/C10H22N2O2S/c1-2-15(13,14)8-7-12-6-4-3-5-10(12)9-11/h10H,2-9,11H2,1H3. The van der Waals surface area contributed by atoms with Crippen LogP contribution < -0.4 is 5.73 Å². The molecular weight excluding hydrogens is 212 g/mol. The fraction of sp³-hybridized carbons (Fsp3) is 1.00. The van der Waals surface area contributed by atoms with Gasteiger partial charge >= 0.3 is 0 Å². The van der Waals surface area contributed by atoms with Crippen molar-refractivity contribution in [2.75, 3.05) is 31.1 Å². The second-order valence-electron chi connectivity index (χ2n) is 4.16. The van der Waals surface area contributed by atoms with Crippen LogP contribution in [-0.2, 0) is 9.84 Å². The van der Waals surface area contributed by atoms with Gasteiger partial charge in [0, 0.05) is 24.9 Å². The topological polar surface area (TPSA) is 63.4 Å². The molecule has 1 atom stereocenters. The Morgan fingerprint density at radius 1 is 1.40 bits per heavy atom. The predicted molar refractivity (Wildman–Crippen MR) is 62.6 cm³/mol. The Bertz CT molecular complexity index is 277. The maximum atomic E-state index is 11.4. The minimum Gasteiger partial charge on any atom is -0.329 e. The summed E-state index contributed by atoms with van der Waals surface area (Å²) < 4.78 is 22.8. The molecule has 0 aromatic heterocycles. The Kier molecular flexibility index (Phi) is 5.02. The molecule has 0 amide bonds. The first-order valence-corrected chi connectivity index (χ1v) is 7.55. The lowest BCUT2D eigenvalue weighted by molar-refractivity contribution is 0.162. The van der Waals surface area contributed by atoms with Gasteiger partial charge in [-0.15, -0.1) is 0 Å². The first-order chi connectivity index (χ1) is 7.09. The molecule has 2 N–H and O–H groups in total. The van der Waals surface area contributed by atoms with Crippen LogP contribution in [0.1, 0.15) is 26.2 Å². The first kappa shape index (κ1) is 12.9. The van der Waals surface area contributed by atoms with Crippen molar-refractivity contribution in [3.63, 3.8) is 0 Å². The summed E-state index contributed by atoms with van der Waals surface area (Å²) in [4.78, 5) is 2.23. The Balaban J connectivity index is 2.42. The third-order valence-corrected chi connectivity index (χ3v) is 4.83. The van der Waals surface area contributed by atoms with Crippen LogP contribution in [0.5, 0.6) is 0 Å². The summed E-state index contributed by atoms with van der Waals surface area (Å²) in [5.74, 6) is 0.522. The monoisotopic (exact) mass is 234 g/mol. The highest BCUT2D eigenvalue weighted by Gasteiger charge is 2.22. The third kappa shape index (κ3) is 4.09. The van der Waals surface area contributed by atoms with Crippen LogP contribution in [-0.4, -0.2) is 50.5 Å². The van der Waals surface area contributed by atoms with Crippen molar-refractivity contribution in [3.8, 4) is 0 Å². The highest BCUT2D eigenvalue weighted by molar-refractivity contribution is 7.91. The lowest BCUT2D eigenvalue weighted by atomic mass is 10.0. The number of nitrogens with two attached hydrogens (primary N) is 1. The number of piperidine rings is 1. The highest BCUT2D eigenvalue weighted by Crippen LogP contribution is 2.15. The smallest absolute Gasteiger partial charge is 0.151 e. The maximum Gasteiger partial charge on any atom is 0.151 e. The molecule has 1 unspecified atom stereocenters. The Labute approximate surface area is 92.7 Å². The summed E-state index contributed by atoms with van der Waals surface area (Å²) in [6.45, 7) is 4.00. The summed E-state index contributed by atoms with van der Waals surface area (Å²) >= 11 is 0. The zero-order chi connectivity index (χ0) is 11.3. The zero-order valence-corrected chi connectivity index (χ0v) is 10.3. The zero-order valence-electron chi connectivity index (χ0n) is 9.48. The molecule has 0 spiro atoms. The molecule has 0 aliphatic carbocycles. The third-order valence-electron chi connectivity index (χ3n) is 3.15. The van der Waals surface area contributed by atoms with Crippen molar-refractivity contribution in [1.29, 1.82) is 0 Å². The van der Waals surface area contributed by atoms with E-state index in [1.807, 2.05) is 0 Å². The van der Waals surface area contributed by atoms with Crippen molar-refractivity contribution in [3.05, 3.63) is 0 Å². The molecule has 15 heavy (non-hydrogen) atoms. The minimum atomic E-state index is -2.83. The number of likely N-dealkylation sites (tertiary alicyclic amines) is 1. The van der Waals surface area contributed by atoms with E-state index in [1.54, 1.807) is 6.92 Å². The van der Waals surface area contributed by atoms with Crippen LogP contribution in [0.2, 0.25) is 0 Å². The molecule has 1 aliphatic rings. The van der Waals surface area contributed by atoms with Crippen molar-refractivity contribution in [2.24, 2.45) is 5.73 Å². The fourth-order valence-electron chi connectivity index (χ4n) is 2.02. The van der Waals surface area contributed by atoms with Crippen LogP contribution in [0.15, 0.2) is 0 Å². The van der Waals surface area contributed by atoms with Gasteiger partial charge in [0.05, 0.1) is 5.75 Å². The maximum absolute atomic E-state index is 11.4. The quantitative estimate of drug-likeness (QED) is 0.740. The number of sulfone groups is 1. The first-order valence-electron chi connectivity index (χ1n) is 5.73. The van der Waals surface area contributed by atoms with Crippen molar-refractivity contribution in [1.82, 2.24) is 4.90 Å². The van der Waals surface area contributed by atoms with Crippen LogP contribution in [0.25, 0.3) is 0 Å². The summed E-state index contributed by atoms with van der Waals surface area (Å²) in [5, 5.41) is 0. The molecule has 5 heteroatoms. The van der Waals surface area contributed by atoms with E-state index in [0.717, 1.165) is 13.0 Å². The molecule has 0 bridgehead atoms. The molecule has 0 aromatic carbocycles. The van der Waals surface area contributed by atoms with Gasteiger partial charge in [-0.1, -0.05) is 13.3 Å². The molecular formula is C10H22N2O2S. The van der Waals surface area contributed by atoms with Gasteiger partial charge < -0.3 is 5.73 Å². The largest absolute Gasteiger partial charge is 0.329 e. The van der Waals surface area contributed by atoms with Gasteiger partial charge in [0.1, 0.15) is 0 Å². The molecule has 0 saturated carbocycles. The van der Waals surface area contributed by atoms with E-state index in [2.05, 4.69) is 4.90 Å². The van der Waals surface area contributed by atoms with Gasteiger partial charge in [-0.05, 0) is 19.4 Å². The molecule has 0 aromatic rings. The second-order valence-corrected chi connectivity index (χ2v) is 6.63. The Morgan fingerprint density at radius 2 is 2.13 bits per heavy atom. The average molecular weight is 234 g/mol. The van der Waals surface area contributed by atoms with E-state index < -0.39 is 9.84 Å². The second kappa shape index (κ2) is 5.82. The Hall–Kier alpha value is -0.130. The van der Waals surface area contributed by atoms with E-state index in [1.165, 1.54) is 12.8 Å². The van der Waals surface area contributed by atoms with E-state index >= 15 is 0 Å². The van der Waals surface area contributed by atoms with Gasteiger partial charge in [-0.25, -0.2) is 8.42 Å². The van der Waals surface area contributed by atoms with E-state index in [9.17, 15) is 8.42 Å². The summed E-state index contributed by atoms with van der Waals surface area (Å²) in [6, 6.07) is 0.394. The van der Waals surface area contributed by atoms with E-state index in [4.69, 9.17) is 5.73 Å². The molecule has 4 nitrogen and oxygen atoms in total. The number of rotatable bonds is 5. The van der Waals surface area contributed by atoms with Gasteiger partial charge in [0.2, 0.25) is 0 Å². The normalized spacial score (nSPS) is 24.3. The molecule has 1 rings (SSSR count). The van der Waals surface area contributed by atoms with Gasteiger partial charge in [0.25, 0.3) is 0 Å². The van der Waals surface area contributed by atoms with Crippen molar-refractivity contribution >= 4 is 9.84 Å². The van der Waals surface area contributed by atoms with Crippen LogP contribution in [0.3, 0.4) is 0 Å². The SMILES string of the molecule is CCS(=O)(=O)CCN1CCCCC1CN. The lowest BCUT2D eigenvalue weighted by Gasteiger charge is -2.34. The molecule has 1 heterocycles. The predicted octanol–water partition coefficient (Wildman–Crippen LogP) is 0.234. The Morgan fingerprint density at radius 3 is 2.73 bits per heavy atom. The molecule has 1 fully saturated rings. The van der Waals surface area contributed by atoms with Gasteiger partial charge in [0.15, 0.2) is 9.84 Å². The minimum absolute atomic E-state index is 0.244. The van der Waals surface area contributed by atoms with E-state index in [0.29, 0.717) is 19.1 Å². The average Bonchev–Trinajstić information content (AvgIpc) is 2.27. The molecule has 1 aliphatic heterocycles. The summed E-state index contributed by atoms with van der Waals surface area (Å²) in [7, 11) is -2.83. The van der Waals surface area contributed by atoms with Gasteiger partial charge in [-0.3, -0.25) is 4.90 Å².